The van der Waals surface area contributed by atoms with Crippen LogP contribution in [-0.2, 0) is 9.53 Å². The number of hydrogen-bond acceptors (Lipinski definition) is 4. The number of carboxylic acid groups (broad SMARTS) is 1. The van der Waals surface area contributed by atoms with Crippen LogP contribution in [0.1, 0.15) is 6.42 Å². The molecule has 1 N–H and O–H groups in total. The number of likely N-dealkylation sites (tertiary alicyclic amines) is 1. The fourth-order valence-corrected chi connectivity index (χ4v) is 2.24. The van der Waals surface area contributed by atoms with Crippen molar-refractivity contribution in [1.29, 1.82) is 5.26 Å². The third-order valence-electron chi connectivity index (χ3n) is 3.29. The maximum absolute atomic E-state index is 12.1. The summed E-state index contributed by atoms with van der Waals surface area (Å²) >= 11 is 0. The SMILES string of the molecule is N#CC1CN(C(=O)N2CCC(C(=O)O)C2)CCO1. The molecule has 18 heavy (non-hydrogen) atoms. The highest BCUT2D eigenvalue weighted by molar-refractivity contribution is 5.77. The van der Waals surface area contributed by atoms with Crippen molar-refractivity contribution in [3.05, 3.63) is 0 Å². The largest absolute Gasteiger partial charge is 0.481 e. The molecule has 0 aromatic carbocycles. The van der Waals surface area contributed by atoms with E-state index in [1.807, 2.05) is 6.07 Å². The normalized spacial score (nSPS) is 27.9. The Morgan fingerprint density at radius 2 is 2.00 bits per heavy atom. The third kappa shape index (κ3) is 2.54. The minimum Gasteiger partial charge on any atom is -0.481 e. The number of carbonyl (C=O) groups is 2. The van der Waals surface area contributed by atoms with Gasteiger partial charge in [0.05, 0.1) is 25.1 Å². The Kier molecular flexibility index (Phi) is 3.67. The molecule has 0 radical (unpaired) electrons. The number of nitriles is 1. The number of amides is 2. The molecule has 7 nitrogen and oxygen atoms in total. The highest BCUT2D eigenvalue weighted by Crippen LogP contribution is 2.19. The maximum Gasteiger partial charge on any atom is 0.320 e. The number of morpholine rings is 1. The topological polar surface area (TPSA) is 93.9 Å². The Labute approximate surface area is 105 Å². The molecule has 2 rings (SSSR count). The van der Waals surface area contributed by atoms with Crippen molar-refractivity contribution in [2.75, 3.05) is 32.8 Å². The molecular weight excluding hydrogens is 238 g/mol. The number of urea groups is 1. The molecule has 2 aliphatic rings. The number of hydrogen-bond donors (Lipinski definition) is 1. The molecule has 2 saturated heterocycles. The van der Waals surface area contributed by atoms with Gasteiger partial charge in [0.1, 0.15) is 0 Å². The standard InChI is InChI=1S/C11H15N3O4/c12-5-9-7-14(3-4-18-9)11(17)13-2-1-8(6-13)10(15)16/h8-9H,1-4,6-7H2,(H,15,16). The average Bonchev–Trinajstić information content (AvgIpc) is 2.87. The summed E-state index contributed by atoms with van der Waals surface area (Å²) in [7, 11) is 0. The molecule has 0 spiro atoms. The van der Waals surface area contributed by atoms with E-state index in [2.05, 4.69) is 0 Å². The van der Waals surface area contributed by atoms with E-state index in [1.165, 1.54) is 0 Å². The summed E-state index contributed by atoms with van der Waals surface area (Å²) in [4.78, 5) is 26.1. The molecule has 0 aromatic rings. The molecule has 0 aromatic heterocycles. The lowest BCUT2D eigenvalue weighted by molar-refractivity contribution is -0.141. The van der Waals surface area contributed by atoms with Crippen LogP contribution in [-0.4, -0.2) is 65.8 Å². The Balaban J connectivity index is 1.92. The number of nitrogens with zero attached hydrogens (tertiary/aromatic N) is 3. The molecule has 0 bridgehead atoms. The highest BCUT2D eigenvalue weighted by Gasteiger charge is 2.34. The molecular formula is C11H15N3O4. The summed E-state index contributed by atoms with van der Waals surface area (Å²) in [6.45, 7) is 1.77. The first kappa shape index (κ1) is 12.6. The van der Waals surface area contributed by atoms with Crippen LogP contribution in [0.25, 0.3) is 0 Å². The van der Waals surface area contributed by atoms with Crippen LogP contribution in [0.5, 0.6) is 0 Å². The lowest BCUT2D eigenvalue weighted by Gasteiger charge is -2.32. The van der Waals surface area contributed by atoms with E-state index in [-0.39, 0.29) is 19.1 Å². The molecule has 2 amide bonds. The molecule has 2 aliphatic heterocycles. The van der Waals surface area contributed by atoms with Crippen LogP contribution >= 0.6 is 0 Å². The van der Waals surface area contributed by atoms with Crippen molar-refractivity contribution >= 4 is 12.0 Å². The maximum atomic E-state index is 12.1. The van der Waals surface area contributed by atoms with Crippen molar-refractivity contribution < 1.29 is 19.4 Å². The van der Waals surface area contributed by atoms with E-state index in [0.29, 0.717) is 26.1 Å². The van der Waals surface area contributed by atoms with Gasteiger partial charge in [-0.15, -0.1) is 0 Å². The van der Waals surface area contributed by atoms with Gasteiger partial charge in [-0.05, 0) is 6.42 Å². The molecule has 2 unspecified atom stereocenters. The molecule has 2 heterocycles. The number of ether oxygens (including phenoxy) is 1. The van der Waals surface area contributed by atoms with Crippen molar-refractivity contribution in [1.82, 2.24) is 9.80 Å². The van der Waals surface area contributed by atoms with Crippen LogP contribution < -0.4 is 0 Å². The van der Waals surface area contributed by atoms with Crippen LogP contribution in [0.15, 0.2) is 0 Å². The van der Waals surface area contributed by atoms with Gasteiger partial charge in [-0.3, -0.25) is 4.79 Å². The van der Waals surface area contributed by atoms with E-state index >= 15 is 0 Å². The van der Waals surface area contributed by atoms with Crippen molar-refractivity contribution in [3.8, 4) is 6.07 Å². The number of aliphatic carboxylic acids is 1. The highest BCUT2D eigenvalue weighted by atomic mass is 16.5. The summed E-state index contributed by atoms with van der Waals surface area (Å²) in [5.41, 5.74) is 0. The van der Waals surface area contributed by atoms with Gasteiger partial charge < -0.3 is 19.6 Å². The van der Waals surface area contributed by atoms with E-state index in [0.717, 1.165) is 0 Å². The average molecular weight is 253 g/mol. The second-order valence-corrected chi connectivity index (χ2v) is 4.49. The van der Waals surface area contributed by atoms with Crippen molar-refractivity contribution in [2.24, 2.45) is 5.92 Å². The van der Waals surface area contributed by atoms with Gasteiger partial charge in [0, 0.05) is 19.6 Å². The Bertz CT molecular complexity index is 392. The summed E-state index contributed by atoms with van der Waals surface area (Å²) in [5, 5.41) is 17.7. The predicted octanol–water partition coefficient (Wildman–Crippen LogP) is -0.263. The van der Waals surface area contributed by atoms with Crippen LogP contribution in [0.3, 0.4) is 0 Å². The fraction of sp³-hybridized carbons (Fsp3) is 0.727. The summed E-state index contributed by atoms with van der Waals surface area (Å²) in [6.07, 6.45) is -0.0897. The van der Waals surface area contributed by atoms with Crippen LogP contribution in [0.2, 0.25) is 0 Å². The Morgan fingerprint density at radius 3 is 2.61 bits per heavy atom. The molecule has 7 heteroatoms. The van der Waals surface area contributed by atoms with E-state index in [9.17, 15) is 9.59 Å². The fourth-order valence-electron chi connectivity index (χ4n) is 2.24. The van der Waals surface area contributed by atoms with Gasteiger partial charge in [-0.25, -0.2) is 4.79 Å². The van der Waals surface area contributed by atoms with Crippen LogP contribution in [0.4, 0.5) is 4.79 Å². The second-order valence-electron chi connectivity index (χ2n) is 4.49. The van der Waals surface area contributed by atoms with Gasteiger partial charge in [0.2, 0.25) is 0 Å². The van der Waals surface area contributed by atoms with E-state index < -0.39 is 18.0 Å². The zero-order valence-electron chi connectivity index (χ0n) is 9.91. The monoisotopic (exact) mass is 253 g/mol. The summed E-state index contributed by atoms with van der Waals surface area (Å²) in [6, 6.07) is 1.79. The first-order chi connectivity index (χ1) is 8.61. The van der Waals surface area contributed by atoms with Gasteiger partial charge in [-0.1, -0.05) is 0 Å². The molecule has 2 fully saturated rings. The van der Waals surface area contributed by atoms with Crippen molar-refractivity contribution in [3.63, 3.8) is 0 Å². The van der Waals surface area contributed by atoms with Gasteiger partial charge in [0.15, 0.2) is 6.10 Å². The number of carbonyl (C=O) groups excluding carboxylic acids is 1. The first-order valence-corrected chi connectivity index (χ1v) is 5.89. The van der Waals surface area contributed by atoms with E-state index in [4.69, 9.17) is 15.1 Å². The Hall–Kier alpha value is -1.81. The van der Waals surface area contributed by atoms with Crippen LogP contribution in [0, 0.1) is 17.2 Å². The van der Waals surface area contributed by atoms with Gasteiger partial charge in [0.25, 0.3) is 0 Å². The molecule has 0 aliphatic carbocycles. The minimum atomic E-state index is -0.859. The van der Waals surface area contributed by atoms with Gasteiger partial charge in [-0.2, -0.15) is 5.26 Å². The quantitative estimate of drug-likeness (QED) is 0.694. The molecule has 0 saturated carbocycles. The Morgan fingerprint density at radius 1 is 1.28 bits per heavy atom. The van der Waals surface area contributed by atoms with E-state index in [1.54, 1.807) is 9.80 Å². The van der Waals surface area contributed by atoms with Gasteiger partial charge >= 0.3 is 12.0 Å². The zero-order chi connectivity index (χ0) is 13.1. The lowest BCUT2D eigenvalue weighted by Crippen LogP contribution is -2.50. The molecule has 98 valence electrons. The number of rotatable bonds is 1. The molecule has 2 atom stereocenters. The predicted molar refractivity (Wildman–Crippen MR) is 59.6 cm³/mol. The minimum absolute atomic E-state index is 0.192. The number of carboxylic acids is 1. The second kappa shape index (κ2) is 5.23. The smallest absolute Gasteiger partial charge is 0.320 e. The first-order valence-electron chi connectivity index (χ1n) is 5.89. The summed E-state index contributed by atoms with van der Waals surface area (Å²) < 4.78 is 5.16. The van der Waals surface area contributed by atoms with Crippen molar-refractivity contribution in [2.45, 2.75) is 12.5 Å². The zero-order valence-corrected chi connectivity index (χ0v) is 9.91. The third-order valence-corrected chi connectivity index (χ3v) is 3.29. The summed E-state index contributed by atoms with van der Waals surface area (Å²) in [5.74, 6) is -1.33. The lowest BCUT2D eigenvalue weighted by atomic mass is 10.1.